The van der Waals surface area contributed by atoms with E-state index < -0.39 is 0 Å². The molecule has 4 nitrogen and oxygen atoms in total. The molecule has 1 aliphatic rings. The number of carbonyl (C=O) groups excluding carboxylic acids is 1. The summed E-state index contributed by atoms with van der Waals surface area (Å²) in [6.45, 7) is 1.47. The summed E-state index contributed by atoms with van der Waals surface area (Å²) in [4.78, 5) is 11.6. The molecule has 1 aliphatic heterocycles. The Hall–Kier alpha value is -1.07. The fraction of sp³-hybridized carbons (Fsp3) is 0.500. The minimum Gasteiger partial charge on any atom is -0.390 e. The number of anilines is 1. The number of nitrogen functional groups attached to an aromatic ring is 1. The van der Waals surface area contributed by atoms with Gasteiger partial charge in [0, 0.05) is 19.6 Å². The van der Waals surface area contributed by atoms with Crippen molar-refractivity contribution in [3.8, 4) is 0 Å². The summed E-state index contributed by atoms with van der Waals surface area (Å²) in [5.41, 5.74) is 7.48. The number of amides is 1. The van der Waals surface area contributed by atoms with Gasteiger partial charge in [-0.25, -0.2) is 0 Å². The Bertz CT molecular complexity index is 369. The van der Waals surface area contributed by atoms with E-state index in [1.807, 2.05) is 5.38 Å². The van der Waals surface area contributed by atoms with Gasteiger partial charge >= 0.3 is 0 Å². The number of rotatable bonds is 2. The van der Waals surface area contributed by atoms with Gasteiger partial charge in [0.1, 0.15) is 0 Å². The average molecular weight is 226 g/mol. The zero-order chi connectivity index (χ0) is 10.8. The molecule has 0 radical (unpaired) electrons. The second-order valence-electron chi connectivity index (χ2n) is 3.57. The highest BCUT2D eigenvalue weighted by atomic mass is 32.1. The van der Waals surface area contributed by atoms with E-state index >= 15 is 0 Å². The number of thiophene rings is 1. The Kier molecular flexibility index (Phi) is 2.93. The van der Waals surface area contributed by atoms with Crippen LogP contribution in [0.4, 0.5) is 5.00 Å². The Labute approximate surface area is 92.4 Å². The SMILES string of the molecule is CNC(=O)c1c(C2CCOC2)csc1N. The van der Waals surface area contributed by atoms with Gasteiger partial charge in [-0.2, -0.15) is 0 Å². The molecular formula is C10H14N2O2S. The van der Waals surface area contributed by atoms with Gasteiger partial charge in [0.25, 0.3) is 5.91 Å². The molecule has 1 amide bonds. The summed E-state index contributed by atoms with van der Waals surface area (Å²) in [7, 11) is 1.62. The maximum absolute atomic E-state index is 11.6. The van der Waals surface area contributed by atoms with E-state index in [2.05, 4.69) is 5.32 Å². The van der Waals surface area contributed by atoms with E-state index in [0.29, 0.717) is 23.1 Å². The van der Waals surface area contributed by atoms with Crippen LogP contribution in [-0.2, 0) is 4.74 Å². The molecular weight excluding hydrogens is 212 g/mol. The highest BCUT2D eigenvalue weighted by molar-refractivity contribution is 7.14. The van der Waals surface area contributed by atoms with Crippen molar-refractivity contribution < 1.29 is 9.53 Å². The molecule has 0 aromatic carbocycles. The van der Waals surface area contributed by atoms with Crippen molar-refractivity contribution in [2.45, 2.75) is 12.3 Å². The third-order valence-corrected chi connectivity index (χ3v) is 3.50. The van der Waals surface area contributed by atoms with Crippen LogP contribution in [0.25, 0.3) is 0 Å². The maximum atomic E-state index is 11.6. The number of nitrogens with two attached hydrogens (primary N) is 1. The van der Waals surface area contributed by atoms with Gasteiger partial charge in [-0.3, -0.25) is 4.79 Å². The van der Waals surface area contributed by atoms with Crippen LogP contribution in [0, 0.1) is 0 Å². The van der Waals surface area contributed by atoms with Crippen LogP contribution in [0.1, 0.15) is 28.3 Å². The first-order valence-corrected chi connectivity index (χ1v) is 5.78. The fourth-order valence-electron chi connectivity index (χ4n) is 1.84. The molecule has 82 valence electrons. The molecule has 1 aromatic heterocycles. The van der Waals surface area contributed by atoms with Gasteiger partial charge in [-0.05, 0) is 17.4 Å². The molecule has 0 bridgehead atoms. The Morgan fingerprint density at radius 3 is 3.13 bits per heavy atom. The molecule has 3 N–H and O–H groups in total. The smallest absolute Gasteiger partial charge is 0.254 e. The van der Waals surface area contributed by atoms with Gasteiger partial charge < -0.3 is 15.8 Å². The van der Waals surface area contributed by atoms with Crippen molar-refractivity contribution in [2.75, 3.05) is 26.0 Å². The molecule has 15 heavy (non-hydrogen) atoms. The lowest BCUT2D eigenvalue weighted by molar-refractivity contribution is 0.0963. The second-order valence-corrected chi connectivity index (χ2v) is 4.48. The van der Waals surface area contributed by atoms with Crippen LogP contribution in [0.15, 0.2) is 5.38 Å². The van der Waals surface area contributed by atoms with Crippen LogP contribution >= 0.6 is 11.3 Å². The molecule has 1 atom stereocenters. The first-order chi connectivity index (χ1) is 7.24. The molecule has 5 heteroatoms. The second kappa shape index (κ2) is 4.20. The van der Waals surface area contributed by atoms with E-state index in [1.165, 1.54) is 11.3 Å². The standard InChI is InChI=1S/C10H14N2O2S/c1-12-10(13)8-7(5-15-9(8)11)6-2-3-14-4-6/h5-6H,2-4,11H2,1H3,(H,12,13). The number of ether oxygens (including phenoxy) is 1. The number of carbonyl (C=O) groups is 1. The van der Waals surface area contributed by atoms with Crippen molar-refractivity contribution in [3.05, 3.63) is 16.5 Å². The van der Waals surface area contributed by atoms with Crippen molar-refractivity contribution in [2.24, 2.45) is 0 Å². The zero-order valence-corrected chi connectivity index (χ0v) is 9.39. The van der Waals surface area contributed by atoms with E-state index in [-0.39, 0.29) is 5.91 Å². The molecule has 0 spiro atoms. The largest absolute Gasteiger partial charge is 0.390 e. The molecule has 0 saturated carbocycles. The van der Waals surface area contributed by atoms with Gasteiger partial charge in [0.2, 0.25) is 0 Å². The zero-order valence-electron chi connectivity index (χ0n) is 8.58. The van der Waals surface area contributed by atoms with Gasteiger partial charge in [-0.1, -0.05) is 0 Å². The van der Waals surface area contributed by atoms with Crippen LogP contribution in [-0.4, -0.2) is 26.2 Å². The molecule has 2 rings (SSSR count). The lowest BCUT2D eigenvalue weighted by atomic mass is 9.97. The van der Waals surface area contributed by atoms with Crippen LogP contribution in [0.2, 0.25) is 0 Å². The molecule has 0 aliphatic carbocycles. The lowest BCUT2D eigenvalue weighted by Gasteiger charge is -2.08. The van der Waals surface area contributed by atoms with E-state index in [1.54, 1.807) is 7.05 Å². The molecule has 1 aromatic rings. The highest BCUT2D eigenvalue weighted by Crippen LogP contribution is 2.34. The average Bonchev–Trinajstić information content (AvgIpc) is 2.85. The first kappa shape index (κ1) is 10.4. The first-order valence-electron chi connectivity index (χ1n) is 4.90. The quantitative estimate of drug-likeness (QED) is 0.796. The van der Waals surface area contributed by atoms with Crippen molar-refractivity contribution in [1.29, 1.82) is 0 Å². The Morgan fingerprint density at radius 2 is 2.53 bits per heavy atom. The molecule has 2 heterocycles. The Morgan fingerprint density at radius 1 is 1.73 bits per heavy atom. The minimum absolute atomic E-state index is 0.101. The van der Waals surface area contributed by atoms with Gasteiger partial charge in [0.05, 0.1) is 17.2 Å². The number of hydrogen-bond donors (Lipinski definition) is 2. The fourth-order valence-corrected chi connectivity index (χ4v) is 2.73. The minimum atomic E-state index is -0.101. The number of nitrogens with one attached hydrogen (secondary N) is 1. The lowest BCUT2D eigenvalue weighted by Crippen LogP contribution is -2.20. The molecule has 1 saturated heterocycles. The maximum Gasteiger partial charge on any atom is 0.254 e. The van der Waals surface area contributed by atoms with Crippen molar-refractivity contribution >= 4 is 22.2 Å². The number of hydrogen-bond acceptors (Lipinski definition) is 4. The predicted molar refractivity (Wildman–Crippen MR) is 60.3 cm³/mol. The van der Waals surface area contributed by atoms with E-state index in [9.17, 15) is 4.79 Å². The summed E-state index contributed by atoms with van der Waals surface area (Å²) < 4.78 is 5.32. The van der Waals surface area contributed by atoms with E-state index in [0.717, 1.165) is 18.6 Å². The molecule has 1 unspecified atom stereocenters. The van der Waals surface area contributed by atoms with Crippen molar-refractivity contribution in [3.63, 3.8) is 0 Å². The summed E-state index contributed by atoms with van der Waals surface area (Å²) in [6.07, 6.45) is 0.972. The monoisotopic (exact) mass is 226 g/mol. The van der Waals surface area contributed by atoms with Crippen LogP contribution in [0.5, 0.6) is 0 Å². The topological polar surface area (TPSA) is 64.3 Å². The van der Waals surface area contributed by atoms with Crippen molar-refractivity contribution in [1.82, 2.24) is 5.32 Å². The van der Waals surface area contributed by atoms with Gasteiger partial charge in [-0.15, -0.1) is 11.3 Å². The third-order valence-electron chi connectivity index (χ3n) is 2.67. The molecule has 1 fully saturated rings. The summed E-state index contributed by atoms with van der Waals surface area (Å²) in [5.74, 6) is 0.224. The third kappa shape index (κ3) is 1.85. The Balaban J connectivity index is 2.34. The van der Waals surface area contributed by atoms with Crippen LogP contribution in [0.3, 0.4) is 0 Å². The van der Waals surface area contributed by atoms with Crippen LogP contribution < -0.4 is 11.1 Å². The highest BCUT2D eigenvalue weighted by Gasteiger charge is 2.25. The predicted octanol–water partition coefficient (Wildman–Crippen LogP) is 1.19. The van der Waals surface area contributed by atoms with E-state index in [4.69, 9.17) is 10.5 Å². The normalized spacial score (nSPS) is 20.5. The van der Waals surface area contributed by atoms with Gasteiger partial charge in [0.15, 0.2) is 0 Å². The summed E-state index contributed by atoms with van der Waals surface area (Å²) in [5, 5.41) is 5.18. The summed E-state index contributed by atoms with van der Waals surface area (Å²) in [6, 6.07) is 0. The summed E-state index contributed by atoms with van der Waals surface area (Å²) >= 11 is 1.42.